The highest BCUT2D eigenvalue weighted by Gasteiger charge is 2.30. The van der Waals surface area contributed by atoms with E-state index in [4.69, 9.17) is 16.6 Å². The third kappa shape index (κ3) is 1.94. The lowest BCUT2D eigenvalue weighted by molar-refractivity contribution is 1.36. The Morgan fingerprint density at radius 2 is 1.70 bits per heavy atom. The van der Waals surface area contributed by atoms with E-state index in [0.29, 0.717) is 0 Å². The summed E-state index contributed by atoms with van der Waals surface area (Å²) >= 11 is 7.69. The number of rotatable bonds is 1. The van der Waals surface area contributed by atoms with Gasteiger partial charge in [0.2, 0.25) is 0 Å². The van der Waals surface area contributed by atoms with Crippen LogP contribution >= 0.6 is 23.4 Å². The molecule has 2 heterocycles. The Hall–Kier alpha value is -2.23. The number of hydrogen-bond donors (Lipinski definition) is 0. The minimum absolute atomic E-state index is 0.750. The number of aliphatic imine (C=N–C) groups is 1. The van der Waals surface area contributed by atoms with Crippen molar-refractivity contribution in [2.75, 3.05) is 4.90 Å². The molecule has 0 saturated carbocycles. The lowest BCUT2D eigenvalue weighted by Gasteiger charge is -2.28. The molecule has 2 nitrogen and oxygen atoms in total. The van der Waals surface area contributed by atoms with E-state index in [1.165, 1.54) is 16.5 Å². The van der Waals surface area contributed by atoms with Gasteiger partial charge in [-0.25, -0.2) is 4.99 Å². The number of benzene rings is 3. The molecule has 0 atom stereocenters. The smallest absolute Gasteiger partial charge is 0.178 e. The Morgan fingerprint density at radius 3 is 2.52 bits per heavy atom. The van der Waals surface area contributed by atoms with Gasteiger partial charge >= 0.3 is 0 Å². The van der Waals surface area contributed by atoms with Gasteiger partial charge in [0.05, 0.1) is 17.1 Å². The van der Waals surface area contributed by atoms with Gasteiger partial charge in [-0.15, -0.1) is 0 Å². The fourth-order valence-corrected chi connectivity index (χ4v) is 4.17. The van der Waals surface area contributed by atoms with Gasteiger partial charge in [-0.05, 0) is 35.2 Å². The van der Waals surface area contributed by atoms with Crippen LogP contribution in [0, 0.1) is 0 Å². The van der Waals surface area contributed by atoms with Crippen molar-refractivity contribution < 1.29 is 0 Å². The van der Waals surface area contributed by atoms with Crippen LogP contribution in [0.2, 0.25) is 5.02 Å². The first-order valence-corrected chi connectivity index (χ1v) is 8.60. The normalized spacial score (nSPS) is 15.4. The van der Waals surface area contributed by atoms with Gasteiger partial charge < -0.3 is 0 Å². The van der Waals surface area contributed by atoms with Crippen LogP contribution in [-0.2, 0) is 0 Å². The molecule has 4 heteroatoms. The third-order valence-electron chi connectivity index (χ3n) is 4.17. The third-order valence-corrected chi connectivity index (χ3v) is 5.24. The van der Waals surface area contributed by atoms with Crippen LogP contribution < -0.4 is 4.90 Å². The summed E-state index contributed by atoms with van der Waals surface area (Å²) in [5, 5.41) is 6.34. The molecule has 3 aromatic carbocycles. The van der Waals surface area contributed by atoms with Gasteiger partial charge in [0.15, 0.2) is 5.17 Å². The van der Waals surface area contributed by atoms with E-state index >= 15 is 0 Å². The first-order valence-electron chi connectivity index (χ1n) is 7.34. The summed E-state index contributed by atoms with van der Waals surface area (Å²) in [5.74, 6) is 0. The standard InChI is InChI=1S/C19H11ClN2S/c20-14-9-7-12(8-10-14)17-11-23-19-21-15-5-1-3-13-4-2-6-16(18(13)15)22(17)19/h1-11H. The van der Waals surface area contributed by atoms with Crippen molar-refractivity contribution in [1.29, 1.82) is 0 Å². The molecule has 0 amide bonds. The molecule has 0 fully saturated rings. The zero-order chi connectivity index (χ0) is 15.4. The van der Waals surface area contributed by atoms with Crippen molar-refractivity contribution >= 4 is 56.4 Å². The van der Waals surface area contributed by atoms with Gasteiger partial charge in [0.25, 0.3) is 0 Å². The Kier molecular flexibility index (Phi) is 2.81. The molecule has 110 valence electrons. The molecule has 0 aliphatic carbocycles. The summed E-state index contributed by atoms with van der Waals surface area (Å²) in [6, 6.07) is 20.6. The van der Waals surface area contributed by atoms with Gasteiger partial charge in [-0.1, -0.05) is 59.8 Å². The van der Waals surface area contributed by atoms with Gasteiger partial charge in [-0.2, -0.15) is 0 Å². The van der Waals surface area contributed by atoms with E-state index in [9.17, 15) is 0 Å². The van der Waals surface area contributed by atoms with Crippen LogP contribution in [-0.4, -0.2) is 5.17 Å². The quantitative estimate of drug-likeness (QED) is 0.538. The number of amidine groups is 1. The zero-order valence-electron chi connectivity index (χ0n) is 12.0. The molecular formula is C19H11ClN2S. The van der Waals surface area contributed by atoms with Crippen molar-refractivity contribution in [2.45, 2.75) is 0 Å². The maximum absolute atomic E-state index is 6.03. The molecule has 0 unspecified atom stereocenters. The summed E-state index contributed by atoms with van der Waals surface area (Å²) in [7, 11) is 0. The van der Waals surface area contributed by atoms with E-state index in [1.807, 2.05) is 12.1 Å². The number of halogens is 1. The van der Waals surface area contributed by atoms with Crippen LogP contribution in [0.3, 0.4) is 0 Å². The first kappa shape index (κ1) is 13.2. The highest BCUT2D eigenvalue weighted by molar-refractivity contribution is 8.17. The minimum atomic E-state index is 0.750. The van der Waals surface area contributed by atoms with Crippen LogP contribution in [0.1, 0.15) is 5.56 Å². The summed E-state index contributed by atoms with van der Waals surface area (Å²) in [6.45, 7) is 0. The predicted octanol–water partition coefficient (Wildman–Crippen LogP) is 6.05. The molecule has 2 aliphatic rings. The Morgan fingerprint density at radius 1 is 0.913 bits per heavy atom. The van der Waals surface area contributed by atoms with Crippen molar-refractivity contribution in [2.24, 2.45) is 4.99 Å². The van der Waals surface area contributed by atoms with E-state index in [0.717, 1.165) is 27.1 Å². The topological polar surface area (TPSA) is 15.6 Å². The van der Waals surface area contributed by atoms with Crippen LogP contribution in [0.25, 0.3) is 16.5 Å². The molecule has 0 N–H and O–H groups in total. The lowest BCUT2D eigenvalue weighted by atomic mass is 10.0. The highest BCUT2D eigenvalue weighted by Crippen LogP contribution is 2.47. The predicted molar refractivity (Wildman–Crippen MR) is 101 cm³/mol. The lowest BCUT2D eigenvalue weighted by Crippen LogP contribution is -2.24. The Bertz CT molecular complexity index is 1000. The summed E-state index contributed by atoms with van der Waals surface area (Å²) in [4.78, 5) is 7.09. The maximum atomic E-state index is 6.03. The second-order valence-corrected chi connectivity index (χ2v) is 6.78. The molecule has 23 heavy (non-hydrogen) atoms. The van der Waals surface area contributed by atoms with Crippen molar-refractivity contribution in [3.63, 3.8) is 0 Å². The largest absolute Gasteiger partial charge is 0.287 e. The van der Waals surface area contributed by atoms with Crippen LogP contribution in [0.4, 0.5) is 11.4 Å². The molecule has 0 radical (unpaired) electrons. The molecule has 0 aromatic heterocycles. The number of nitrogens with zero attached hydrogens (tertiary/aromatic N) is 2. The Labute approximate surface area is 143 Å². The number of fused-ring (bicyclic) bond motifs is 2. The SMILES string of the molecule is Clc1ccc(C2=CSC3=Nc4cccc5cccc(c45)N23)cc1. The van der Waals surface area contributed by atoms with Gasteiger partial charge in [-0.3, -0.25) is 4.90 Å². The Balaban J connectivity index is 1.73. The minimum Gasteiger partial charge on any atom is -0.287 e. The first-order chi connectivity index (χ1) is 11.3. The monoisotopic (exact) mass is 334 g/mol. The van der Waals surface area contributed by atoms with E-state index in [-0.39, 0.29) is 0 Å². The molecule has 0 bridgehead atoms. The highest BCUT2D eigenvalue weighted by atomic mass is 35.5. The van der Waals surface area contributed by atoms with Gasteiger partial charge in [0, 0.05) is 15.8 Å². The van der Waals surface area contributed by atoms with Crippen molar-refractivity contribution in [3.8, 4) is 0 Å². The van der Waals surface area contributed by atoms with E-state index in [1.54, 1.807) is 11.8 Å². The summed E-state index contributed by atoms with van der Waals surface area (Å²) in [6.07, 6.45) is 0. The average molecular weight is 335 g/mol. The molecule has 0 saturated heterocycles. The molecule has 2 aliphatic heterocycles. The molecular weight excluding hydrogens is 324 g/mol. The zero-order valence-corrected chi connectivity index (χ0v) is 13.6. The van der Waals surface area contributed by atoms with E-state index < -0.39 is 0 Å². The summed E-state index contributed by atoms with van der Waals surface area (Å²) in [5.41, 5.74) is 4.52. The fraction of sp³-hybridized carbons (Fsp3) is 0. The number of hydrogen-bond acceptors (Lipinski definition) is 3. The van der Waals surface area contributed by atoms with Crippen molar-refractivity contribution in [1.82, 2.24) is 0 Å². The van der Waals surface area contributed by atoms with Crippen LogP contribution in [0.5, 0.6) is 0 Å². The summed E-state index contributed by atoms with van der Waals surface area (Å²) < 4.78 is 0. The average Bonchev–Trinajstić information content (AvgIpc) is 3.00. The molecule has 3 aromatic rings. The molecule has 5 rings (SSSR count). The number of anilines is 1. The second kappa shape index (κ2) is 4.88. The maximum Gasteiger partial charge on any atom is 0.178 e. The fourth-order valence-electron chi connectivity index (χ4n) is 3.13. The second-order valence-electron chi connectivity index (χ2n) is 5.51. The molecule has 0 spiro atoms. The van der Waals surface area contributed by atoms with Gasteiger partial charge in [0.1, 0.15) is 0 Å². The van der Waals surface area contributed by atoms with E-state index in [2.05, 4.69) is 58.8 Å². The van der Waals surface area contributed by atoms with Crippen LogP contribution in [0.15, 0.2) is 71.1 Å². The van der Waals surface area contributed by atoms with Crippen molar-refractivity contribution in [3.05, 3.63) is 76.7 Å². The number of thioether (sulfide) groups is 1.